The van der Waals surface area contributed by atoms with E-state index < -0.39 is 5.82 Å². The molecule has 0 atom stereocenters. The van der Waals surface area contributed by atoms with E-state index >= 15 is 0 Å². The Morgan fingerprint density at radius 2 is 2.00 bits per heavy atom. The summed E-state index contributed by atoms with van der Waals surface area (Å²) in [6, 6.07) is 12.7. The van der Waals surface area contributed by atoms with E-state index in [4.69, 9.17) is 0 Å². The van der Waals surface area contributed by atoms with Gasteiger partial charge in [0, 0.05) is 18.7 Å². The summed E-state index contributed by atoms with van der Waals surface area (Å²) in [6.45, 7) is 0.285. The monoisotopic (exact) mass is 326 g/mol. The van der Waals surface area contributed by atoms with Gasteiger partial charge in [0.1, 0.15) is 11.3 Å². The number of benzene rings is 2. The highest BCUT2D eigenvalue weighted by Gasteiger charge is 2.07. The van der Waals surface area contributed by atoms with Crippen molar-refractivity contribution in [1.82, 2.24) is 15.0 Å². The summed E-state index contributed by atoms with van der Waals surface area (Å²) in [6.07, 6.45) is 0.617. The quantitative estimate of drug-likeness (QED) is 0.781. The van der Waals surface area contributed by atoms with Crippen molar-refractivity contribution in [2.45, 2.75) is 19.4 Å². The molecule has 0 saturated carbocycles. The second-order valence-corrected chi connectivity index (χ2v) is 5.30. The second kappa shape index (κ2) is 6.99. The van der Waals surface area contributed by atoms with Crippen molar-refractivity contribution >= 4 is 22.5 Å². The van der Waals surface area contributed by atoms with Gasteiger partial charge in [-0.3, -0.25) is 9.59 Å². The number of carbonyl (C=O) groups is 1. The molecule has 1 aromatic heterocycles. The van der Waals surface area contributed by atoms with Crippen molar-refractivity contribution in [1.29, 1.82) is 0 Å². The Morgan fingerprint density at radius 1 is 1.17 bits per heavy atom. The molecule has 0 spiro atoms. The molecule has 122 valence electrons. The van der Waals surface area contributed by atoms with Gasteiger partial charge in [-0.15, -0.1) is 5.10 Å². The van der Waals surface area contributed by atoms with E-state index in [-0.39, 0.29) is 24.4 Å². The predicted octanol–water partition coefficient (Wildman–Crippen LogP) is 2.35. The van der Waals surface area contributed by atoms with Crippen LogP contribution in [-0.2, 0) is 11.3 Å². The molecule has 7 heteroatoms. The molecule has 6 nitrogen and oxygen atoms in total. The fourth-order valence-corrected chi connectivity index (χ4v) is 2.35. The lowest BCUT2D eigenvalue weighted by molar-refractivity contribution is -0.116. The van der Waals surface area contributed by atoms with Crippen molar-refractivity contribution in [2.24, 2.45) is 0 Å². The van der Waals surface area contributed by atoms with Crippen molar-refractivity contribution in [2.75, 3.05) is 5.32 Å². The first-order valence-electron chi connectivity index (χ1n) is 7.51. The summed E-state index contributed by atoms with van der Waals surface area (Å²) in [5.41, 5.74) is 0.719. The van der Waals surface area contributed by atoms with Crippen LogP contribution in [0.1, 0.15) is 12.8 Å². The maximum atomic E-state index is 13.1. The number of nitrogens with zero attached hydrogens (tertiary/aromatic N) is 3. The van der Waals surface area contributed by atoms with E-state index in [9.17, 15) is 14.0 Å². The molecule has 1 heterocycles. The number of halogens is 1. The van der Waals surface area contributed by atoms with Gasteiger partial charge in [-0.25, -0.2) is 9.07 Å². The molecule has 1 amide bonds. The topological polar surface area (TPSA) is 76.9 Å². The van der Waals surface area contributed by atoms with Crippen LogP contribution in [0.4, 0.5) is 10.1 Å². The van der Waals surface area contributed by atoms with Crippen LogP contribution in [0.3, 0.4) is 0 Å². The second-order valence-electron chi connectivity index (χ2n) is 5.30. The summed E-state index contributed by atoms with van der Waals surface area (Å²) < 4.78 is 14.3. The maximum Gasteiger partial charge on any atom is 0.277 e. The molecule has 2 aromatic carbocycles. The van der Waals surface area contributed by atoms with Crippen LogP contribution in [0, 0.1) is 5.82 Å². The zero-order valence-electron chi connectivity index (χ0n) is 12.8. The summed E-state index contributed by atoms with van der Waals surface area (Å²) in [5.74, 6) is -0.659. The fourth-order valence-electron chi connectivity index (χ4n) is 2.35. The molecule has 0 aliphatic rings. The molecule has 0 aliphatic carbocycles. The summed E-state index contributed by atoms with van der Waals surface area (Å²) >= 11 is 0. The molecule has 0 radical (unpaired) electrons. The van der Waals surface area contributed by atoms with Gasteiger partial charge in [-0.1, -0.05) is 23.4 Å². The Kier molecular flexibility index (Phi) is 4.60. The van der Waals surface area contributed by atoms with E-state index in [2.05, 4.69) is 15.6 Å². The van der Waals surface area contributed by atoms with Crippen LogP contribution in [0.25, 0.3) is 10.9 Å². The molecule has 0 aliphatic heterocycles. The first-order chi connectivity index (χ1) is 11.6. The highest BCUT2D eigenvalue weighted by molar-refractivity contribution is 5.90. The third kappa shape index (κ3) is 3.62. The molecule has 1 N–H and O–H groups in total. The lowest BCUT2D eigenvalue weighted by Crippen LogP contribution is -2.25. The van der Waals surface area contributed by atoms with E-state index in [1.54, 1.807) is 30.3 Å². The van der Waals surface area contributed by atoms with Gasteiger partial charge < -0.3 is 5.32 Å². The highest BCUT2D eigenvalue weighted by Crippen LogP contribution is 2.10. The number of carbonyl (C=O) groups excluding carboxylic acids is 1. The number of nitrogens with one attached hydrogen (secondary N) is 1. The van der Waals surface area contributed by atoms with Crippen LogP contribution in [-0.4, -0.2) is 20.9 Å². The highest BCUT2D eigenvalue weighted by atomic mass is 19.1. The zero-order valence-corrected chi connectivity index (χ0v) is 12.8. The number of aromatic nitrogens is 3. The van der Waals surface area contributed by atoms with Gasteiger partial charge in [0.15, 0.2) is 0 Å². The van der Waals surface area contributed by atoms with Crippen LogP contribution in [0.2, 0.25) is 0 Å². The first kappa shape index (κ1) is 15.8. The number of aryl methyl sites for hydroxylation is 1. The molecular formula is C17H15FN4O2. The number of hydrogen-bond acceptors (Lipinski definition) is 4. The molecule has 3 aromatic rings. The lowest BCUT2D eigenvalue weighted by Gasteiger charge is -2.06. The summed E-state index contributed by atoms with van der Waals surface area (Å²) in [7, 11) is 0. The molecular weight excluding hydrogens is 311 g/mol. The van der Waals surface area contributed by atoms with Crippen LogP contribution >= 0.6 is 0 Å². The van der Waals surface area contributed by atoms with Crippen molar-refractivity contribution in [3.05, 3.63) is 64.7 Å². The molecule has 0 fully saturated rings. The Balaban J connectivity index is 1.59. The van der Waals surface area contributed by atoms with E-state index in [0.717, 1.165) is 0 Å². The number of anilines is 1. The third-order valence-electron chi connectivity index (χ3n) is 3.51. The van der Waals surface area contributed by atoms with E-state index in [0.29, 0.717) is 23.0 Å². The lowest BCUT2D eigenvalue weighted by atomic mass is 10.2. The number of rotatable bonds is 5. The average Bonchev–Trinajstić information content (AvgIpc) is 2.57. The molecule has 24 heavy (non-hydrogen) atoms. The van der Waals surface area contributed by atoms with Crippen LogP contribution < -0.4 is 10.9 Å². The smallest absolute Gasteiger partial charge is 0.277 e. The zero-order chi connectivity index (χ0) is 16.9. The van der Waals surface area contributed by atoms with Gasteiger partial charge in [-0.05, 0) is 36.8 Å². The van der Waals surface area contributed by atoms with E-state index in [1.807, 2.05) is 0 Å². The maximum absolute atomic E-state index is 13.1. The van der Waals surface area contributed by atoms with Gasteiger partial charge in [-0.2, -0.15) is 0 Å². The van der Waals surface area contributed by atoms with Gasteiger partial charge >= 0.3 is 0 Å². The molecule has 0 unspecified atom stereocenters. The normalized spacial score (nSPS) is 10.7. The molecule has 3 rings (SSSR count). The van der Waals surface area contributed by atoms with Crippen molar-refractivity contribution in [3.8, 4) is 0 Å². The van der Waals surface area contributed by atoms with E-state index in [1.165, 1.54) is 22.9 Å². The molecule has 0 bridgehead atoms. The van der Waals surface area contributed by atoms with Crippen LogP contribution in [0.15, 0.2) is 53.3 Å². The summed E-state index contributed by atoms with van der Waals surface area (Å²) in [4.78, 5) is 24.1. The van der Waals surface area contributed by atoms with Crippen molar-refractivity contribution < 1.29 is 9.18 Å². The van der Waals surface area contributed by atoms with Gasteiger partial charge in [0.2, 0.25) is 5.91 Å². The first-order valence-corrected chi connectivity index (χ1v) is 7.51. The van der Waals surface area contributed by atoms with Gasteiger partial charge in [0.25, 0.3) is 5.56 Å². The third-order valence-corrected chi connectivity index (χ3v) is 3.51. The number of amides is 1. The predicted molar refractivity (Wildman–Crippen MR) is 88.1 cm³/mol. The minimum atomic E-state index is -0.411. The summed E-state index contributed by atoms with van der Waals surface area (Å²) in [5, 5.41) is 11.0. The largest absolute Gasteiger partial charge is 0.326 e. The average molecular weight is 326 g/mol. The van der Waals surface area contributed by atoms with Gasteiger partial charge in [0.05, 0.1) is 5.39 Å². The standard InChI is InChI=1S/C17H15FN4O2/c18-12-5-3-6-13(11-12)19-16(23)9-4-10-22-17(24)14-7-1-2-8-15(14)20-21-22/h1-3,5-8,11H,4,9-10H2,(H,19,23). The van der Waals surface area contributed by atoms with Crippen molar-refractivity contribution in [3.63, 3.8) is 0 Å². The Hall–Kier alpha value is -3.09. The Bertz CT molecular complexity index is 939. The van der Waals surface area contributed by atoms with Crippen LogP contribution in [0.5, 0.6) is 0 Å². The Morgan fingerprint density at radius 3 is 2.83 bits per heavy atom. The minimum absolute atomic E-state index is 0.192. The number of fused-ring (bicyclic) bond motifs is 1. The minimum Gasteiger partial charge on any atom is -0.326 e. The SMILES string of the molecule is O=C(CCCn1nnc2ccccc2c1=O)Nc1cccc(F)c1. The molecule has 0 saturated heterocycles. The fraction of sp³-hybridized carbons (Fsp3) is 0.176. The Labute approximate surface area is 136 Å². The number of hydrogen-bond donors (Lipinski definition) is 1.